The Bertz CT molecular complexity index is 1410. The van der Waals surface area contributed by atoms with Gasteiger partial charge in [-0.2, -0.15) is 5.10 Å². The average molecular weight is 516 g/mol. The zero-order valence-corrected chi connectivity index (χ0v) is 21.1. The normalized spacial score (nSPS) is 11.8. The van der Waals surface area contributed by atoms with Gasteiger partial charge in [0.15, 0.2) is 0 Å². The molecule has 0 saturated heterocycles. The fraction of sp³-hybridized carbons (Fsp3) is 0.250. The summed E-state index contributed by atoms with van der Waals surface area (Å²) in [6.45, 7) is 4.04. The number of nitrogens with one attached hydrogen (secondary N) is 3. The Hall–Kier alpha value is -4.73. The number of rotatable bonds is 11. The van der Waals surface area contributed by atoms with E-state index in [-0.39, 0.29) is 30.0 Å². The number of oxazole rings is 1. The van der Waals surface area contributed by atoms with Gasteiger partial charge in [0, 0.05) is 23.6 Å². The average Bonchev–Trinajstić information content (AvgIpc) is 3.63. The van der Waals surface area contributed by atoms with Gasteiger partial charge in [-0.05, 0) is 36.6 Å². The highest BCUT2D eigenvalue weighted by Gasteiger charge is 2.23. The van der Waals surface area contributed by atoms with Gasteiger partial charge in [-0.25, -0.2) is 9.78 Å². The van der Waals surface area contributed by atoms with Gasteiger partial charge in [0.1, 0.15) is 11.7 Å². The molecule has 2 aromatic carbocycles. The summed E-state index contributed by atoms with van der Waals surface area (Å²) in [6, 6.07) is 16.8. The van der Waals surface area contributed by atoms with Gasteiger partial charge in [0.05, 0.1) is 11.9 Å². The second-order valence-corrected chi connectivity index (χ2v) is 8.82. The maximum atomic E-state index is 12.7. The number of carboxylic acid groups (broad SMARTS) is 1. The van der Waals surface area contributed by atoms with Crippen molar-refractivity contribution in [2.75, 3.05) is 0 Å². The number of aromatic amines is 1. The fourth-order valence-electron chi connectivity index (χ4n) is 3.95. The zero-order chi connectivity index (χ0) is 27.1. The molecule has 4 rings (SSSR count). The summed E-state index contributed by atoms with van der Waals surface area (Å²) in [5, 5.41) is 22.1. The Balaban J connectivity index is 1.46. The molecule has 0 aliphatic heterocycles. The molecular formula is C28H29N5O5. The molecular weight excluding hydrogens is 486 g/mol. The molecule has 196 valence electrons. The minimum absolute atomic E-state index is 0.0955. The van der Waals surface area contributed by atoms with E-state index in [1.54, 1.807) is 48.5 Å². The van der Waals surface area contributed by atoms with Gasteiger partial charge in [0.25, 0.3) is 11.8 Å². The third-order valence-corrected chi connectivity index (χ3v) is 6.16. The maximum absolute atomic E-state index is 12.7. The first-order valence-electron chi connectivity index (χ1n) is 12.4. The minimum atomic E-state index is -1.15. The Morgan fingerprint density at radius 1 is 0.947 bits per heavy atom. The van der Waals surface area contributed by atoms with Crippen molar-refractivity contribution >= 4 is 17.8 Å². The van der Waals surface area contributed by atoms with Crippen molar-refractivity contribution in [3.05, 3.63) is 83.9 Å². The summed E-state index contributed by atoms with van der Waals surface area (Å²) >= 11 is 0. The molecule has 0 aliphatic carbocycles. The molecule has 10 heteroatoms. The van der Waals surface area contributed by atoms with Crippen LogP contribution in [0.1, 0.15) is 53.3 Å². The SMILES string of the molecule is CCC(CC)NC(=O)c1cc(-c2cccc(-c3ncc(C(=O)N[C@@H](Cc4ccccc4)C(=O)O)o3)c2)n[nH]1. The highest BCUT2D eigenvalue weighted by molar-refractivity contribution is 5.95. The number of amides is 2. The molecule has 2 amide bonds. The molecule has 0 unspecified atom stereocenters. The second kappa shape index (κ2) is 12.0. The summed E-state index contributed by atoms with van der Waals surface area (Å²) < 4.78 is 5.66. The number of aliphatic carboxylic acids is 1. The Labute approximate surface area is 219 Å². The fourth-order valence-corrected chi connectivity index (χ4v) is 3.95. The highest BCUT2D eigenvalue weighted by Crippen LogP contribution is 2.26. The third-order valence-electron chi connectivity index (χ3n) is 6.16. The smallest absolute Gasteiger partial charge is 0.326 e. The van der Waals surface area contributed by atoms with Gasteiger partial charge in [-0.15, -0.1) is 0 Å². The number of nitrogens with zero attached hydrogens (tertiary/aromatic N) is 2. The molecule has 0 radical (unpaired) electrons. The molecule has 10 nitrogen and oxygen atoms in total. The summed E-state index contributed by atoms with van der Waals surface area (Å²) in [7, 11) is 0. The van der Waals surface area contributed by atoms with E-state index in [1.807, 2.05) is 26.0 Å². The van der Waals surface area contributed by atoms with Crippen LogP contribution in [0.2, 0.25) is 0 Å². The molecule has 0 spiro atoms. The van der Waals surface area contributed by atoms with E-state index in [0.29, 0.717) is 17.0 Å². The van der Waals surface area contributed by atoms with Crippen molar-refractivity contribution in [1.29, 1.82) is 0 Å². The van der Waals surface area contributed by atoms with E-state index in [1.165, 1.54) is 6.20 Å². The van der Waals surface area contributed by atoms with Gasteiger partial charge in [-0.1, -0.05) is 56.3 Å². The van der Waals surface area contributed by atoms with Gasteiger partial charge < -0.3 is 20.2 Å². The molecule has 2 heterocycles. The first kappa shape index (κ1) is 26.3. The predicted molar refractivity (Wildman–Crippen MR) is 140 cm³/mol. The lowest BCUT2D eigenvalue weighted by atomic mass is 10.1. The van der Waals surface area contributed by atoms with Gasteiger partial charge >= 0.3 is 5.97 Å². The minimum Gasteiger partial charge on any atom is -0.480 e. The Morgan fingerprint density at radius 2 is 1.68 bits per heavy atom. The molecule has 38 heavy (non-hydrogen) atoms. The van der Waals surface area contributed by atoms with Crippen LogP contribution >= 0.6 is 0 Å². The van der Waals surface area contributed by atoms with Crippen molar-refractivity contribution in [3.8, 4) is 22.7 Å². The largest absolute Gasteiger partial charge is 0.480 e. The summed E-state index contributed by atoms with van der Waals surface area (Å²) in [5.74, 6) is -1.96. The molecule has 0 aliphatic rings. The number of aromatic nitrogens is 3. The maximum Gasteiger partial charge on any atom is 0.326 e. The van der Waals surface area contributed by atoms with Gasteiger partial charge in [0.2, 0.25) is 11.7 Å². The summed E-state index contributed by atoms with van der Waals surface area (Å²) in [5.41, 5.74) is 3.02. The molecule has 0 fully saturated rings. The molecule has 4 N–H and O–H groups in total. The topological polar surface area (TPSA) is 150 Å². The second-order valence-electron chi connectivity index (χ2n) is 8.82. The van der Waals surface area contributed by atoms with E-state index in [2.05, 4.69) is 25.8 Å². The number of H-pyrrole nitrogens is 1. The molecule has 1 atom stereocenters. The number of hydrogen-bond acceptors (Lipinski definition) is 6. The van der Waals surface area contributed by atoms with Crippen LogP contribution in [0.4, 0.5) is 0 Å². The molecule has 4 aromatic rings. The zero-order valence-electron chi connectivity index (χ0n) is 21.1. The lowest BCUT2D eigenvalue weighted by Gasteiger charge is -2.13. The first-order chi connectivity index (χ1) is 18.4. The van der Waals surface area contributed by atoms with E-state index in [0.717, 1.165) is 24.0 Å². The van der Waals surface area contributed by atoms with Crippen LogP contribution < -0.4 is 10.6 Å². The monoisotopic (exact) mass is 515 g/mol. The number of hydrogen-bond donors (Lipinski definition) is 4. The molecule has 0 saturated carbocycles. The van der Waals surface area contributed by atoms with E-state index >= 15 is 0 Å². The van der Waals surface area contributed by atoms with Crippen molar-refractivity contribution in [2.24, 2.45) is 0 Å². The van der Waals surface area contributed by atoms with Crippen LogP contribution in [0.25, 0.3) is 22.7 Å². The quantitative estimate of drug-likeness (QED) is 0.235. The van der Waals surface area contributed by atoms with Gasteiger partial charge in [-0.3, -0.25) is 14.7 Å². The Morgan fingerprint density at radius 3 is 2.39 bits per heavy atom. The standard InChI is InChI=1S/C28H29N5O5/c1-3-20(4-2)30-25(34)22-15-21(32-33-22)18-11-8-12-19(14-18)27-29-16-24(38-27)26(35)31-23(28(36)37)13-17-9-6-5-7-10-17/h5-12,14-16,20,23H,3-4,13H2,1-2H3,(H,30,34)(H,31,35)(H,32,33)(H,36,37)/t23-/m0/s1. The van der Waals surface area contributed by atoms with Crippen LogP contribution in [-0.2, 0) is 11.2 Å². The lowest BCUT2D eigenvalue weighted by molar-refractivity contribution is -0.139. The van der Waals surface area contributed by atoms with Crippen LogP contribution in [0.15, 0.2) is 71.3 Å². The number of carboxylic acids is 1. The number of carbonyl (C=O) groups excluding carboxylic acids is 2. The van der Waals surface area contributed by atoms with Crippen LogP contribution in [0.3, 0.4) is 0 Å². The van der Waals surface area contributed by atoms with Crippen LogP contribution in [0, 0.1) is 0 Å². The van der Waals surface area contributed by atoms with Crippen LogP contribution in [-0.4, -0.2) is 50.2 Å². The molecule has 2 aromatic heterocycles. The van der Waals surface area contributed by atoms with Crippen molar-refractivity contribution < 1.29 is 23.9 Å². The van der Waals surface area contributed by atoms with E-state index < -0.39 is 17.9 Å². The van der Waals surface area contributed by atoms with Crippen molar-refractivity contribution in [3.63, 3.8) is 0 Å². The van der Waals surface area contributed by atoms with Crippen molar-refractivity contribution in [1.82, 2.24) is 25.8 Å². The van der Waals surface area contributed by atoms with E-state index in [4.69, 9.17) is 4.42 Å². The summed E-state index contributed by atoms with van der Waals surface area (Å²) in [6.07, 6.45) is 3.07. The Kier molecular flexibility index (Phi) is 8.32. The number of carbonyl (C=O) groups is 3. The lowest BCUT2D eigenvalue weighted by Crippen LogP contribution is -2.42. The van der Waals surface area contributed by atoms with E-state index in [9.17, 15) is 19.5 Å². The number of benzene rings is 2. The summed E-state index contributed by atoms with van der Waals surface area (Å²) in [4.78, 5) is 41.1. The molecule has 0 bridgehead atoms. The predicted octanol–water partition coefficient (Wildman–Crippen LogP) is 4.08. The first-order valence-corrected chi connectivity index (χ1v) is 12.4. The third kappa shape index (κ3) is 6.33. The van der Waals surface area contributed by atoms with Crippen LogP contribution in [0.5, 0.6) is 0 Å². The van der Waals surface area contributed by atoms with Crippen molar-refractivity contribution in [2.45, 2.75) is 45.2 Å². The highest BCUT2D eigenvalue weighted by atomic mass is 16.4.